The highest BCUT2D eigenvalue weighted by atomic mass is 16.5. The predicted octanol–water partition coefficient (Wildman–Crippen LogP) is 1.36. The van der Waals surface area contributed by atoms with Gasteiger partial charge in [0.1, 0.15) is 0 Å². The number of benzene rings is 1. The van der Waals surface area contributed by atoms with E-state index >= 15 is 0 Å². The molecule has 2 N–H and O–H groups in total. The summed E-state index contributed by atoms with van der Waals surface area (Å²) in [6, 6.07) is 7.57. The molecule has 2 rings (SSSR count). The zero-order chi connectivity index (χ0) is 12.8. The van der Waals surface area contributed by atoms with Crippen molar-refractivity contribution in [2.45, 2.75) is 38.5 Å². The number of rotatable bonds is 5. The number of ether oxygens (including phenoxy) is 1. The molecule has 0 saturated carbocycles. The Labute approximate surface area is 107 Å². The topological polar surface area (TPSA) is 58.6 Å². The highest BCUT2D eigenvalue weighted by Crippen LogP contribution is 2.15. The molecule has 4 heteroatoms. The van der Waals surface area contributed by atoms with Crippen LogP contribution in [0.15, 0.2) is 24.3 Å². The first-order chi connectivity index (χ1) is 8.78. The van der Waals surface area contributed by atoms with Crippen molar-refractivity contribution < 1.29 is 14.6 Å². The normalized spacial score (nSPS) is 18.8. The van der Waals surface area contributed by atoms with Crippen molar-refractivity contribution in [2.75, 3.05) is 6.61 Å². The summed E-state index contributed by atoms with van der Waals surface area (Å²) in [4.78, 5) is 11.7. The molecule has 1 amide bonds. The fourth-order valence-electron chi connectivity index (χ4n) is 2.12. The molecule has 4 nitrogen and oxygen atoms in total. The second-order valence-electron chi connectivity index (χ2n) is 4.59. The van der Waals surface area contributed by atoms with Crippen LogP contribution in [0.25, 0.3) is 0 Å². The second-order valence-corrected chi connectivity index (χ2v) is 4.59. The monoisotopic (exact) mass is 249 g/mol. The molecule has 1 aliphatic rings. The first-order valence-electron chi connectivity index (χ1n) is 6.35. The van der Waals surface area contributed by atoms with E-state index in [2.05, 4.69) is 5.32 Å². The average Bonchev–Trinajstić information content (AvgIpc) is 2.89. The summed E-state index contributed by atoms with van der Waals surface area (Å²) < 4.78 is 5.42. The molecule has 0 spiro atoms. The van der Waals surface area contributed by atoms with Gasteiger partial charge in [0, 0.05) is 13.2 Å². The van der Waals surface area contributed by atoms with Crippen LogP contribution in [0.4, 0.5) is 0 Å². The largest absolute Gasteiger partial charge is 0.392 e. The van der Waals surface area contributed by atoms with Gasteiger partial charge in [0.15, 0.2) is 0 Å². The first kappa shape index (κ1) is 13.1. The molecule has 0 aliphatic carbocycles. The van der Waals surface area contributed by atoms with E-state index in [-0.39, 0.29) is 18.6 Å². The van der Waals surface area contributed by atoms with Crippen LogP contribution in [0.1, 0.15) is 30.4 Å². The molecular formula is C14H19NO3. The Bertz CT molecular complexity index is 400. The van der Waals surface area contributed by atoms with Gasteiger partial charge in [0.05, 0.1) is 19.1 Å². The molecule has 1 aromatic rings. The number of aliphatic hydroxyl groups excluding tert-OH is 1. The molecule has 0 aromatic heterocycles. The van der Waals surface area contributed by atoms with Crippen LogP contribution in [0, 0.1) is 0 Å². The molecule has 1 saturated heterocycles. The van der Waals surface area contributed by atoms with Gasteiger partial charge in [-0.2, -0.15) is 0 Å². The number of amides is 1. The first-order valence-corrected chi connectivity index (χ1v) is 6.35. The summed E-state index contributed by atoms with van der Waals surface area (Å²) in [6.45, 7) is 1.30. The Hall–Kier alpha value is -1.39. The van der Waals surface area contributed by atoms with Gasteiger partial charge in [-0.1, -0.05) is 24.3 Å². The van der Waals surface area contributed by atoms with Gasteiger partial charge in [0.25, 0.3) is 0 Å². The molecule has 98 valence electrons. The van der Waals surface area contributed by atoms with E-state index in [0.717, 1.165) is 30.6 Å². The third kappa shape index (κ3) is 3.82. The summed E-state index contributed by atoms with van der Waals surface area (Å²) in [5, 5.41) is 11.9. The van der Waals surface area contributed by atoms with E-state index in [1.807, 2.05) is 24.3 Å². The van der Waals surface area contributed by atoms with Crippen LogP contribution < -0.4 is 5.32 Å². The van der Waals surface area contributed by atoms with E-state index in [1.54, 1.807) is 0 Å². The number of nitrogens with one attached hydrogen (secondary N) is 1. The van der Waals surface area contributed by atoms with Gasteiger partial charge in [-0.3, -0.25) is 4.79 Å². The lowest BCUT2D eigenvalue weighted by atomic mass is 10.1. The van der Waals surface area contributed by atoms with Crippen molar-refractivity contribution in [3.8, 4) is 0 Å². The van der Waals surface area contributed by atoms with Gasteiger partial charge in [0.2, 0.25) is 5.91 Å². The molecular weight excluding hydrogens is 230 g/mol. The van der Waals surface area contributed by atoms with Crippen LogP contribution in [0.3, 0.4) is 0 Å². The maximum Gasteiger partial charge on any atom is 0.222 e. The smallest absolute Gasteiger partial charge is 0.222 e. The van der Waals surface area contributed by atoms with E-state index in [0.29, 0.717) is 13.0 Å². The highest BCUT2D eigenvalue weighted by Gasteiger charge is 2.18. The lowest BCUT2D eigenvalue weighted by Crippen LogP contribution is -2.26. The summed E-state index contributed by atoms with van der Waals surface area (Å²) >= 11 is 0. The Morgan fingerprint density at radius 2 is 2.28 bits per heavy atom. The number of aliphatic hydroxyl groups is 1. The minimum Gasteiger partial charge on any atom is -0.392 e. The Balaban J connectivity index is 1.77. The van der Waals surface area contributed by atoms with Gasteiger partial charge in [-0.25, -0.2) is 0 Å². The Morgan fingerprint density at radius 1 is 1.44 bits per heavy atom. The van der Waals surface area contributed by atoms with Crippen LogP contribution in [-0.4, -0.2) is 23.7 Å². The van der Waals surface area contributed by atoms with Crippen molar-refractivity contribution in [2.24, 2.45) is 0 Å². The van der Waals surface area contributed by atoms with Crippen molar-refractivity contribution in [1.29, 1.82) is 0 Å². The third-order valence-electron chi connectivity index (χ3n) is 3.10. The standard InChI is InChI=1S/C14H19NO3/c16-10-12-4-1-3-11(7-12)9-15-14(17)8-13-5-2-6-18-13/h1,3-4,7,13,16H,2,5-6,8-10H2,(H,15,17). The molecule has 1 aliphatic heterocycles. The predicted molar refractivity (Wildman–Crippen MR) is 67.8 cm³/mol. The second kappa shape index (κ2) is 6.52. The van der Waals surface area contributed by atoms with Crippen molar-refractivity contribution >= 4 is 5.91 Å². The van der Waals surface area contributed by atoms with Crippen molar-refractivity contribution in [3.05, 3.63) is 35.4 Å². The third-order valence-corrected chi connectivity index (χ3v) is 3.10. The number of hydrogen-bond acceptors (Lipinski definition) is 3. The van der Waals surface area contributed by atoms with E-state index in [1.165, 1.54) is 0 Å². The average molecular weight is 249 g/mol. The summed E-state index contributed by atoms with van der Waals surface area (Å²) in [7, 11) is 0. The van der Waals surface area contributed by atoms with E-state index in [9.17, 15) is 4.79 Å². The van der Waals surface area contributed by atoms with Gasteiger partial charge in [-0.05, 0) is 24.0 Å². The maximum absolute atomic E-state index is 11.7. The zero-order valence-electron chi connectivity index (χ0n) is 10.4. The molecule has 1 heterocycles. The molecule has 1 aromatic carbocycles. The van der Waals surface area contributed by atoms with Gasteiger partial charge < -0.3 is 15.2 Å². The molecule has 1 atom stereocenters. The number of hydrogen-bond donors (Lipinski definition) is 2. The van der Waals surface area contributed by atoms with E-state index < -0.39 is 0 Å². The lowest BCUT2D eigenvalue weighted by molar-refractivity contribution is -0.123. The van der Waals surface area contributed by atoms with Crippen LogP contribution in [0.5, 0.6) is 0 Å². The maximum atomic E-state index is 11.7. The fraction of sp³-hybridized carbons (Fsp3) is 0.500. The SMILES string of the molecule is O=C(CC1CCCO1)NCc1cccc(CO)c1. The summed E-state index contributed by atoms with van der Waals surface area (Å²) in [5.74, 6) is 0.0244. The Kier molecular flexibility index (Phi) is 4.73. The lowest BCUT2D eigenvalue weighted by Gasteiger charge is -2.10. The van der Waals surface area contributed by atoms with E-state index in [4.69, 9.17) is 9.84 Å². The minimum atomic E-state index is 0.0244. The summed E-state index contributed by atoms with van der Waals surface area (Å²) in [6.07, 6.45) is 2.57. The molecule has 1 unspecified atom stereocenters. The number of carbonyl (C=O) groups is 1. The molecule has 0 bridgehead atoms. The van der Waals surface area contributed by atoms with Crippen LogP contribution in [-0.2, 0) is 22.7 Å². The zero-order valence-corrected chi connectivity index (χ0v) is 10.4. The van der Waals surface area contributed by atoms with Gasteiger partial charge in [-0.15, -0.1) is 0 Å². The highest BCUT2D eigenvalue weighted by molar-refractivity contribution is 5.76. The molecule has 18 heavy (non-hydrogen) atoms. The Morgan fingerprint density at radius 3 is 3.00 bits per heavy atom. The minimum absolute atomic E-state index is 0.0244. The summed E-state index contributed by atoms with van der Waals surface area (Å²) in [5.41, 5.74) is 1.86. The van der Waals surface area contributed by atoms with Crippen LogP contribution >= 0.6 is 0 Å². The quantitative estimate of drug-likeness (QED) is 0.828. The molecule has 1 fully saturated rings. The fourth-order valence-corrected chi connectivity index (χ4v) is 2.12. The number of carbonyl (C=O) groups excluding carboxylic acids is 1. The van der Waals surface area contributed by atoms with Crippen LogP contribution in [0.2, 0.25) is 0 Å². The van der Waals surface area contributed by atoms with Crippen molar-refractivity contribution in [1.82, 2.24) is 5.32 Å². The van der Waals surface area contributed by atoms with Gasteiger partial charge >= 0.3 is 0 Å². The van der Waals surface area contributed by atoms with Crippen molar-refractivity contribution in [3.63, 3.8) is 0 Å². The molecule has 0 radical (unpaired) electrons.